The molecule has 2 amide bonds. The van der Waals surface area contributed by atoms with E-state index in [4.69, 9.17) is 0 Å². The Kier molecular flexibility index (Phi) is 8.46. The van der Waals surface area contributed by atoms with Crippen molar-refractivity contribution >= 4 is 11.8 Å². The van der Waals surface area contributed by atoms with Gasteiger partial charge in [-0.25, -0.2) is 0 Å². The molecular weight excluding hydrogens is 280 g/mol. The van der Waals surface area contributed by atoms with E-state index in [1.54, 1.807) is 6.92 Å². The molecule has 128 valence electrons. The molecule has 0 aromatic rings. The SMILES string of the molecule is CCC(CC)C(O)CNC(=O)C(C)NC(=O)C1CCCCC1. The molecule has 5 heteroatoms. The molecular formula is C17H32N2O3. The van der Waals surface area contributed by atoms with Crippen molar-refractivity contribution in [3.8, 4) is 0 Å². The lowest BCUT2D eigenvalue weighted by molar-refractivity contribution is -0.131. The summed E-state index contributed by atoms with van der Waals surface area (Å²) in [5, 5.41) is 15.6. The van der Waals surface area contributed by atoms with Crippen molar-refractivity contribution < 1.29 is 14.7 Å². The third-order valence-electron chi connectivity index (χ3n) is 4.81. The molecule has 1 rings (SSSR count). The molecule has 0 bridgehead atoms. The van der Waals surface area contributed by atoms with Crippen LogP contribution in [0.3, 0.4) is 0 Å². The van der Waals surface area contributed by atoms with Gasteiger partial charge in [-0.05, 0) is 25.7 Å². The highest BCUT2D eigenvalue weighted by Gasteiger charge is 2.25. The van der Waals surface area contributed by atoms with Gasteiger partial charge in [0.15, 0.2) is 0 Å². The maximum atomic E-state index is 12.1. The minimum absolute atomic E-state index is 0.0112. The van der Waals surface area contributed by atoms with E-state index < -0.39 is 12.1 Å². The molecule has 22 heavy (non-hydrogen) atoms. The standard InChI is InChI=1S/C17H32N2O3/c1-4-13(5-2)15(20)11-18-16(21)12(3)19-17(22)14-9-7-6-8-10-14/h12-15,20H,4-11H2,1-3H3,(H,18,21)(H,19,22). The van der Waals surface area contributed by atoms with E-state index >= 15 is 0 Å². The van der Waals surface area contributed by atoms with Crippen LogP contribution in [-0.4, -0.2) is 35.6 Å². The van der Waals surface area contributed by atoms with Crippen LogP contribution in [0.1, 0.15) is 65.7 Å². The second-order valence-corrected chi connectivity index (χ2v) is 6.45. The lowest BCUT2D eigenvalue weighted by Crippen LogP contribution is -2.49. The first-order valence-electron chi connectivity index (χ1n) is 8.75. The fourth-order valence-electron chi connectivity index (χ4n) is 3.12. The molecule has 0 heterocycles. The normalized spacial score (nSPS) is 18.8. The number of aliphatic hydroxyl groups excluding tert-OH is 1. The van der Waals surface area contributed by atoms with Crippen molar-refractivity contribution in [3.63, 3.8) is 0 Å². The van der Waals surface area contributed by atoms with Gasteiger partial charge < -0.3 is 15.7 Å². The third-order valence-corrected chi connectivity index (χ3v) is 4.81. The number of hydrogen-bond donors (Lipinski definition) is 3. The lowest BCUT2D eigenvalue weighted by atomic mass is 9.88. The molecule has 1 aliphatic carbocycles. The molecule has 0 spiro atoms. The van der Waals surface area contributed by atoms with Gasteiger partial charge in [0.25, 0.3) is 0 Å². The van der Waals surface area contributed by atoms with Crippen LogP contribution >= 0.6 is 0 Å². The van der Waals surface area contributed by atoms with Crippen LogP contribution in [0.5, 0.6) is 0 Å². The van der Waals surface area contributed by atoms with Crippen molar-refractivity contribution in [3.05, 3.63) is 0 Å². The first-order chi connectivity index (χ1) is 10.5. The van der Waals surface area contributed by atoms with Crippen molar-refractivity contribution in [1.29, 1.82) is 0 Å². The van der Waals surface area contributed by atoms with Gasteiger partial charge in [0.05, 0.1) is 6.10 Å². The van der Waals surface area contributed by atoms with Gasteiger partial charge in [0.2, 0.25) is 11.8 Å². The summed E-state index contributed by atoms with van der Waals surface area (Å²) in [4.78, 5) is 24.1. The van der Waals surface area contributed by atoms with Crippen molar-refractivity contribution in [2.75, 3.05) is 6.54 Å². The topological polar surface area (TPSA) is 78.4 Å². The fourth-order valence-corrected chi connectivity index (χ4v) is 3.12. The van der Waals surface area contributed by atoms with Crippen LogP contribution in [-0.2, 0) is 9.59 Å². The Morgan fingerprint density at radius 3 is 2.27 bits per heavy atom. The number of nitrogens with one attached hydrogen (secondary N) is 2. The van der Waals surface area contributed by atoms with Gasteiger partial charge in [-0.3, -0.25) is 9.59 Å². The zero-order chi connectivity index (χ0) is 16.5. The molecule has 0 aromatic heterocycles. The van der Waals surface area contributed by atoms with Gasteiger partial charge in [0, 0.05) is 12.5 Å². The van der Waals surface area contributed by atoms with E-state index in [0.717, 1.165) is 38.5 Å². The predicted molar refractivity (Wildman–Crippen MR) is 87.3 cm³/mol. The quantitative estimate of drug-likeness (QED) is 0.641. The maximum absolute atomic E-state index is 12.1. The monoisotopic (exact) mass is 312 g/mol. The Balaban J connectivity index is 2.33. The summed E-state index contributed by atoms with van der Waals surface area (Å²) in [5.41, 5.74) is 0. The molecule has 0 saturated heterocycles. The zero-order valence-electron chi connectivity index (χ0n) is 14.2. The van der Waals surface area contributed by atoms with Crippen molar-refractivity contribution in [2.45, 2.75) is 77.9 Å². The lowest BCUT2D eigenvalue weighted by Gasteiger charge is -2.24. The summed E-state index contributed by atoms with van der Waals surface area (Å²) < 4.78 is 0. The Hall–Kier alpha value is -1.10. The van der Waals surface area contributed by atoms with E-state index in [1.165, 1.54) is 6.42 Å². The van der Waals surface area contributed by atoms with E-state index in [2.05, 4.69) is 10.6 Å². The van der Waals surface area contributed by atoms with Crippen molar-refractivity contribution in [2.24, 2.45) is 11.8 Å². The largest absolute Gasteiger partial charge is 0.391 e. The Morgan fingerprint density at radius 1 is 1.14 bits per heavy atom. The van der Waals surface area contributed by atoms with Crippen LogP contribution in [0.15, 0.2) is 0 Å². The van der Waals surface area contributed by atoms with Crippen LogP contribution in [0.2, 0.25) is 0 Å². The third kappa shape index (κ3) is 5.95. The molecule has 0 aromatic carbocycles. The number of amides is 2. The fraction of sp³-hybridized carbons (Fsp3) is 0.882. The number of hydrogen-bond acceptors (Lipinski definition) is 3. The summed E-state index contributed by atoms with van der Waals surface area (Å²) in [5.74, 6) is 0.0173. The molecule has 5 nitrogen and oxygen atoms in total. The minimum Gasteiger partial charge on any atom is -0.391 e. The van der Waals surface area contributed by atoms with Gasteiger partial charge >= 0.3 is 0 Å². The van der Waals surface area contributed by atoms with Gasteiger partial charge in [-0.15, -0.1) is 0 Å². The molecule has 1 saturated carbocycles. The highest BCUT2D eigenvalue weighted by Crippen LogP contribution is 2.23. The highest BCUT2D eigenvalue weighted by molar-refractivity contribution is 5.88. The first kappa shape index (κ1) is 18.9. The van der Waals surface area contributed by atoms with Crippen LogP contribution in [0.25, 0.3) is 0 Å². The minimum atomic E-state index is -0.552. The molecule has 0 radical (unpaired) electrons. The smallest absolute Gasteiger partial charge is 0.242 e. The number of carbonyl (C=O) groups is 2. The molecule has 3 N–H and O–H groups in total. The number of rotatable bonds is 8. The van der Waals surface area contributed by atoms with E-state index in [1.807, 2.05) is 13.8 Å². The molecule has 1 aliphatic rings. The summed E-state index contributed by atoms with van der Waals surface area (Å²) in [6.07, 6.45) is 6.50. The van der Waals surface area contributed by atoms with E-state index in [0.29, 0.717) is 0 Å². The van der Waals surface area contributed by atoms with Crippen LogP contribution in [0, 0.1) is 11.8 Å². The average Bonchev–Trinajstić information content (AvgIpc) is 2.54. The van der Waals surface area contributed by atoms with Crippen LogP contribution in [0.4, 0.5) is 0 Å². The molecule has 2 unspecified atom stereocenters. The van der Waals surface area contributed by atoms with Crippen molar-refractivity contribution in [1.82, 2.24) is 10.6 Å². The second kappa shape index (κ2) is 9.82. The Morgan fingerprint density at radius 2 is 1.73 bits per heavy atom. The number of carbonyl (C=O) groups excluding carboxylic acids is 2. The first-order valence-corrected chi connectivity index (χ1v) is 8.75. The predicted octanol–water partition coefficient (Wildman–Crippen LogP) is 1.98. The van der Waals surface area contributed by atoms with Gasteiger partial charge in [-0.1, -0.05) is 46.0 Å². The summed E-state index contributed by atoms with van der Waals surface area (Å²) in [7, 11) is 0. The molecule has 0 aliphatic heterocycles. The maximum Gasteiger partial charge on any atom is 0.242 e. The average molecular weight is 312 g/mol. The summed E-state index contributed by atoms with van der Waals surface area (Å²) >= 11 is 0. The summed E-state index contributed by atoms with van der Waals surface area (Å²) in [6.45, 7) is 6.01. The van der Waals surface area contributed by atoms with E-state index in [-0.39, 0.29) is 30.2 Å². The zero-order valence-corrected chi connectivity index (χ0v) is 14.2. The Bertz CT molecular complexity index is 350. The van der Waals surface area contributed by atoms with Crippen LogP contribution < -0.4 is 10.6 Å². The molecule has 1 fully saturated rings. The van der Waals surface area contributed by atoms with Gasteiger partial charge in [0.1, 0.15) is 6.04 Å². The second-order valence-electron chi connectivity index (χ2n) is 6.45. The van der Waals surface area contributed by atoms with E-state index in [9.17, 15) is 14.7 Å². The van der Waals surface area contributed by atoms with Gasteiger partial charge in [-0.2, -0.15) is 0 Å². The molecule has 2 atom stereocenters. The Labute approximate surface area is 134 Å². The highest BCUT2D eigenvalue weighted by atomic mass is 16.3. The number of aliphatic hydroxyl groups is 1. The summed E-state index contributed by atoms with van der Waals surface area (Å²) in [6, 6.07) is -0.552.